The van der Waals surface area contributed by atoms with Crippen molar-refractivity contribution < 1.29 is 4.79 Å². The molecule has 0 spiro atoms. The van der Waals surface area contributed by atoms with Gasteiger partial charge in [-0.05, 0) is 31.3 Å². The third kappa shape index (κ3) is 3.12. The van der Waals surface area contributed by atoms with Crippen molar-refractivity contribution in [3.8, 4) is 0 Å². The highest BCUT2D eigenvalue weighted by atomic mass is 16.2. The lowest BCUT2D eigenvalue weighted by atomic mass is 10.2. The predicted molar refractivity (Wildman–Crippen MR) is 72.5 cm³/mol. The number of urea groups is 1. The van der Waals surface area contributed by atoms with E-state index in [9.17, 15) is 4.79 Å². The van der Waals surface area contributed by atoms with Crippen LogP contribution in [0, 0.1) is 0 Å². The monoisotopic (exact) mass is 249 g/mol. The van der Waals surface area contributed by atoms with E-state index in [-0.39, 0.29) is 0 Å². The van der Waals surface area contributed by atoms with Crippen molar-refractivity contribution in [3.63, 3.8) is 0 Å². The second-order valence-electron chi connectivity index (χ2n) is 4.44. The Bertz CT molecular complexity index is 397. The average molecular weight is 249 g/mol. The standard InChI is InChI=1S/C12H19N5O/c1-16-6-8-17(9-7-16)11-4-2-10(3-5-11)14-12(18)15-13/h2-5H,6-9,13H2,1H3,(H2,14,15,18). The van der Waals surface area contributed by atoms with Crippen molar-refractivity contribution in [3.05, 3.63) is 24.3 Å². The lowest BCUT2D eigenvalue weighted by molar-refractivity contribution is 0.252. The van der Waals surface area contributed by atoms with Crippen LogP contribution in [0.15, 0.2) is 24.3 Å². The third-order valence-electron chi connectivity index (χ3n) is 3.12. The first-order chi connectivity index (χ1) is 8.69. The van der Waals surface area contributed by atoms with Crippen LogP contribution in [0.3, 0.4) is 0 Å². The SMILES string of the molecule is CN1CCN(c2ccc(NC(=O)NN)cc2)CC1. The minimum absolute atomic E-state index is 0.414. The number of nitrogens with one attached hydrogen (secondary N) is 2. The van der Waals surface area contributed by atoms with E-state index < -0.39 is 6.03 Å². The van der Waals surface area contributed by atoms with Crippen molar-refractivity contribution in [2.45, 2.75) is 0 Å². The molecule has 1 aliphatic heterocycles. The first-order valence-electron chi connectivity index (χ1n) is 6.00. The second-order valence-corrected chi connectivity index (χ2v) is 4.44. The number of hydrazine groups is 1. The Balaban J connectivity index is 1.97. The number of likely N-dealkylation sites (N-methyl/N-ethyl adjacent to an activating group) is 1. The molecule has 98 valence electrons. The molecule has 6 nitrogen and oxygen atoms in total. The normalized spacial score (nSPS) is 16.4. The van der Waals surface area contributed by atoms with Gasteiger partial charge in [-0.15, -0.1) is 0 Å². The molecule has 2 rings (SSSR count). The van der Waals surface area contributed by atoms with Gasteiger partial charge in [0.15, 0.2) is 0 Å². The van der Waals surface area contributed by atoms with Crippen LogP contribution in [-0.2, 0) is 0 Å². The predicted octanol–water partition coefficient (Wildman–Crippen LogP) is 0.434. The minimum Gasteiger partial charge on any atom is -0.369 e. The third-order valence-corrected chi connectivity index (χ3v) is 3.12. The van der Waals surface area contributed by atoms with Crippen LogP contribution in [0.2, 0.25) is 0 Å². The number of carbonyl (C=O) groups is 1. The summed E-state index contributed by atoms with van der Waals surface area (Å²) in [5.74, 6) is 5.00. The number of amides is 2. The van der Waals surface area contributed by atoms with Crippen LogP contribution in [0.4, 0.5) is 16.2 Å². The van der Waals surface area contributed by atoms with E-state index in [1.807, 2.05) is 29.7 Å². The number of rotatable bonds is 2. The first kappa shape index (κ1) is 12.7. The molecule has 0 aliphatic carbocycles. The number of benzene rings is 1. The Morgan fingerprint density at radius 2 is 1.78 bits per heavy atom. The van der Waals surface area contributed by atoms with Crippen LogP contribution < -0.4 is 21.5 Å². The number of carbonyl (C=O) groups excluding carboxylic acids is 1. The van der Waals surface area contributed by atoms with Crippen molar-refractivity contribution in [1.82, 2.24) is 10.3 Å². The van der Waals surface area contributed by atoms with Gasteiger partial charge in [-0.3, -0.25) is 5.43 Å². The summed E-state index contributed by atoms with van der Waals surface area (Å²) in [6.07, 6.45) is 0. The summed E-state index contributed by atoms with van der Waals surface area (Å²) in [7, 11) is 2.13. The molecule has 0 unspecified atom stereocenters. The van der Waals surface area contributed by atoms with Crippen LogP contribution in [0.25, 0.3) is 0 Å². The van der Waals surface area contributed by atoms with E-state index in [1.165, 1.54) is 5.69 Å². The van der Waals surface area contributed by atoms with Gasteiger partial charge in [0.2, 0.25) is 0 Å². The zero-order chi connectivity index (χ0) is 13.0. The van der Waals surface area contributed by atoms with Gasteiger partial charge in [-0.1, -0.05) is 0 Å². The molecule has 1 heterocycles. The highest BCUT2D eigenvalue weighted by Gasteiger charge is 2.13. The molecular formula is C12H19N5O. The highest BCUT2D eigenvalue weighted by molar-refractivity contribution is 5.88. The summed E-state index contributed by atoms with van der Waals surface area (Å²) in [6.45, 7) is 4.23. The number of hydrogen-bond donors (Lipinski definition) is 3. The van der Waals surface area contributed by atoms with Gasteiger partial charge in [0.25, 0.3) is 0 Å². The van der Waals surface area contributed by atoms with Gasteiger partial charge < -0.3 is 15.1 Å². The number of piperazine rings is 1. The van der Waals surface area contributed by atoms with E-state index in [1.54, 1.807) is 0 Å². The molecule has 4 N–H and O–H groups in total. The van der Waals surface area contributed by atoms with Gasteiger partial charge in [0, 0.05) is 37.6 Å². The number of nitrogens with two attached hydrogens (primary N) is 1. The van der Waals surface area contributed by atoms with Gasteiger partial charge in [-0.2, -0.15) is 0 Å². The maximum Gasteiger partial charge on any atom is 0.333 e. The summed E-state index contributed by atoms with van der Waals surface area (Å²) in [6, 6.07) is 7.36. The van der Waals surface area contributed by atoms with Gasteiger partial charge in [0.05, 0.1) is 0 Å². The van der Waals surface area contributed by atoms with E-state index in [0.29, 0.717) is 0 Å². The van der Waals surface area contributed by atoms with E-state index in [4.69, 9.17) is 5.84 Å². The molecule has 1 aliphatic rings. The fraction of sp³-hybridized carbons (Fsp3) is 0.417. The van der Waals surface area contributed by atoms with Gasteiger partial charge in [0.1, 0.15) is 0 Å². The van der Waals surface area contributed by atoms with Crippen molar-refractivity contribution >= 4 is 17.4 Å². The molecule has 2 amide bonds. The molecule has 0 saturated carbocycles. The molecular weight excluding hydrogens is 230 g/mol. The Morgan fingerprint density at radius 3 is 2.33 bits per heavy atom. The van der Waals surface area contributed by atoms with Crippen LogP contribution in [0.1, 0.15) is 0 Å². The quantitative estimate of drug-likeness (QED) is 0.404. The zero-order valence-electron chi connectivity index (χ0n) is 10.5. The molecule has 6 heteroatoms. The molecule has 1 saturated heterocycles. The molecule has 1 aromatic rings. The van der Waals surface area contributed by atoms with E-state index in [2.05, 4.69) is 22.2 Å². The molecule has 0 atom stereocenters. The molecule has 0 radical (unpaired) electrons. The van der Waals surface area contributed by atoms with Crippen molar-refractivity contribution in [2.75, 3.05) is 43.4 Å². The van der Waals surface area contributed by atoms with Crippen molar-refractivity contribution in [1.29, 1.82) is 0 Å². The van der Waals surface area contributed by atoms with Crippen LogP contribution >= 0.6 is 0 Å². The number of hydrogen-bond acceptors (Lipinski definition) is 4. The number of anilines is 2. The summed E-state index contributed by atoms with van der Waals surface area (Å²) in [5.41, 5.74) is 3.94. The Morgan fingerprint density at radius 1 is 1.17 bits per heavy atom. The molecule has 0 aromatic heterocycles. The summed E-state index contributed by atoms with van der Waals surface area (Å²) in [4.78, 5) is 15.7. The van der Waals surface area contributed by atoms with Gasteiger partial charge in [-0.25, -0.2) is 10.6 Å². The maximum atomic E-state index is 11.0. The zero-order valence-corrected chi connectivity index (χ0v) is 10.5. The maximum absolute atomic E-state index is 11.0. The summed E-state index contributed by atoms with van der Waals surface area (Å²) in [5, 5.41) is 2.63. The highest BCUT2D eigenvalue weighted by Crippen LogP contribution is 2.19. The van der Waals surface area contributed by atoms with E-state index in [0.717, 1.165) is 31.9 Å². The molecule has 1 aromatic carbocycles. The first-order valence-corrected chi connectivity index (χ1v) is 6.00. The van der Waals surface area contributed by atoms with E-state index >= 15 is 0 Å². The van der Waals surface area contributed by atoms with Gasteiger partial charge >= 0.3 is 6.03 Å². The average Bonchev–Trinajstić information content (AvgIpc) is 2.40. The lowest BCUT2D eigenvalue weighted by Crippen LogP contribution is -2.44. The number of nitrogens with zero attached hydrogens (tertiary/aromatic N) is 2. The fourth-order valence-corrected chi connectivity index (χ4v) is 1.99. The molecule has 0 bridgehead atoms. The summed E-state index contributed by atoms with van der Waals surface area (Å²) < 4.78 is 0. The minimum atomic E-state index is -0.414. The molecule has 1 fully saturated rings. The second kappa shape index (κ2) is 5.70. The Hall–Kier alpha value is -1.79. The van der Waals surface area contributed by atoms with Crippen molar-refractivity contribution in [2.24, 2.45) is 5.84 Å². The fourth-order valence-electron chi connectivity index (χ4n) is 1.99. The van der Waals surface area contributed by atoms with Crippen LogP contribution in [0.5, 0.6) is 0 Å². The Labute approximate surface area is 107 Å². The summed E-state index contributed by atoms with van der Waals surface area (Å²) >= 11 is 0. The smallest absolute Gasteiger partial charge is 0.333 e. The topological polar surface area (TPSA) is 73.6 Å². The lowest BCUT2D eigenvalue weighted by Gasteiger charge is -2.34. The largest absolute Gasteiger partial charge is 0.369 e. The molecule has 18 heavy (non-hydrogen) atoms. The van der Waals surface area contributed by atoms with Crippen LogP contribution in [-0.4, -0.2) is 44.2 Å². The Kier molecular flexibility index (Phi) is 4.01.